The van der Waals surface area contributed by atoms with Gasteiger partial charge >= 0.3 is 11.9 Å². The number of sulfonamides is 1. The van der Waals surface area contributed by atoms with Gasteiger partial charge in [-0.3, -0.25) is 9.59 Å². The topological polar surface area (TPSA) is 169 Å². The first-order valence-electron chi connectivity index (χ1n) is 17.0. The van der Waals surface area contributed by atoms with Crippen molar-refractivity contribution in [2.24, 2.45) is 17.8 Å². The normalized spacial score (nSPS) is 21.8. The number of amides is 1. The number of fused-ring (bicyclic) bond motifs is 2. The average Bonchev–Trinajstić information content (AvgIpc) is 3.80. The highest BCUT2D eigenvalue weighted by molar-refractivity contribution is 7.89. The number of carboxylic acid groups (broad SMARTS) is 1. The van der Waals surface area contributed by atoms with Crippen molar-refractivity contribution in [3.8, 4) is 0 Å². The van der Waals surface area contributed by atoms with E-state index < -0.39 is 46.0 Å². The van der Waals surface area contributed by atoms with Gasteiger partial charge in [0.1, 0.15) is 6.10 Å². The lowest BCUT2D eigenvalue weighted by Gasteiger charge is -2.30. The number of hydrogen-bond acceptors (Lipinski definition) is 9. The Morgan fingerprint density at radius 3 is 2.49 bits per heavy atom. The minimum atomic E-state index is -4.21. The van der Waals surface area contributed by atoms with E-state index in [1.807, 2.05) is 44.2 Å². The van der Waals surface area contributed by atoms with Gasteiger partial charge in [0.15, 0.2) is 6.29 Å². The molecule has 3 aliphatic rings. The van der Waals surface area contributed by atoms with Crippen molar-refractivity contribution >= 4 is 45.2 Å². The molecule has 3 aliphatic heterocycles. The quantitative estimate of drug-likeness (QED) is 0.160. The molecule has 5 atom stereocenters. The fourth-order valence-corrected chi connectivity index (χ4v) is 8.43. The van der Waals surface area contributed by atoms with Crippen LogP contribution in [0.3, 0.4) is 0 Å². The molecule has 3 aromatic rings. The number of ether oxygens (including phenoxy) is 3. The van der Waals surface area contributed by atoms with Gasteiger partial charge in [-0.15, -0.1) is 0 Å². The molecule has 270 valence electrons. The van der Waals surface area contributed by atoms with Crippen LogP contribution in [0.1, 0.15) is 53.7 Å². The summed E-state index contributed by atoms with van der Waals surface area (Å²) in [5.74, 6) is -2.80. The maximum absolute atomic E-state index is 14.3. The molecule has 13 heteroatoms. The lowest BCUT2D eigenvalue weighted by molar-refractivity contribution is -0.153. The van der Waals surface area contributed by atoms with Crippen molar-refractivity contribution in [3.05, 3.63) is 95.1 Å². The summed E-state index contributed by atoms with van der Waals surface area (Å²) in [5, 5.41) is 23.7. The van der Waals surface area contributed by atoms with Crippen molar-refractivity contribution < 1.29 is 47.2 Å². The number of nitrogens with one attached hydrogen (secondary N) is 1. The molecular formula is C38H42N2O10S. The van der Waals surface area contributed by atoms with Gasteiger partial charge in [0.05, 0.1) is 42.1 Å². The standard InChI is InChI=1S/C38H42N2O10S/c1-23(2)20-40(21-33(41)27(16-24-6-4-3-5-7-24)18-35(42)50-34-22-49-38-29(34)14-15-48-38)51(46,47)28-12-13-32-30(19-28)31(36(43)39-32)17-25-8-10-26(11-9-25)37(44)45/h3-13,17,19,23,27,29,33-34,38,41H,14-16,18,20-22H2,1-2H3,(H,39,43)(H,44,45)/b31-17-. The molecule has 3 aromatic carbocycles. The number of carbonyl (C=O) groups is 3. The third kappa shape index (κ3) is 8.40. The second-order valence-corrected chi connectivity index (χ2v) is 15.6. The smallest absolute Gasteiger partial charge is 0.335 e. The molecule has 0 bridgehead atoms. The number of carboxylic acids is 1. The Balaban J connectivity index is 1.24. The van der Waals surface area contributed by atoms with E-state index in [0.29, 0.717) is 29.8 Å². The van der Waals surface area contributed by atoms with Crippen LogP contribution in [0.15, 0.2) is 77.7 Å². The Bertz CT molecular complexity index is 1900. The minimum Gasteiger partial charge on any atom is -0.478 e. The maximum Gasteiger partial charge on any atom is 0.335 e. The molecule has 6 rings (SSSR count). The third-order valence-corrected chi connectivity index (χ3v) is 11.2. The fourth-order valence-electron chi connectivity index (χ4n) is 6.78. The molecule has 5 unspecified atom stereocenters. The van der Waals surface area contributed by atoms with Crippen LogP contribution < -0.4 is 5.32 Å². The lowest BCUT2D eigenvalue weighted by Crippen LogP contribution is -2.43. The Labute approximate surface area is 297 Å². The predicted octanol–water partition coefficient (Wildman–Crippen LogP) is 4.44. The molecule has 2 fully saturated rings. The summed E-state index contributed by atoms with van der Waals surface area (Å²) in [5.41, 5.74) is 2.59. The van der Waals surface area contributed by atoms with E-state index in [0.717, 1.165) is 12.0 Å². The third-order valence-electron chi connectivity index (χ3n) is 9.42. The van der Waals surface area contributed by atoms with E-state index in [1.54, 1.807) is 18.2 Å². The number of carbonyl (C=O) groups excluding carboxylic acids is 2. The summed E-state index contributed by atoms with van der Waals surface area (Å²) in [6, 6.07) is 19.7. The maximum atomic E-state index is 14.3. The van der Waals surface area contributed by atoms with E-state index >= 15 is 0 Å². The van der Waals surface area contributed by atoms with Gasteiger partial charge in [-0.25, -0.2) is 13.2 Å². The van der Waals surface area contributed by atoms with Crippen LogP contribution in [0.5, 0.6) is 0 Å². The molecule has 0 aliphatic carbocycles. The molecule has 0 spiro atoms. The number of nitrogens with zero attached hydrogens (tertiary/aromatic N) is 1. The highest BCUT2D eigenvalue weighted by Gasteiger charge is 2.44. The van der Waals surface area contributed by atoms with E-state index in [4.69, 9.17) is 14.2 Å². The van der Waals surface area contributed by atoms with Gasteiger partial charge in [-0.05, 0) is 66.3 Å². The summed E-state index contributed by atoms with van der Waals surface area (Å²) in [6.07, 6.45) is 0.436. The summed E-state index contributed by atoms with van der Waals surface area (Å²) < 4.78 is 46.8. The summed E-state index contributed by atoms with van der Waals surface area (Å²) in [4.78, 5) is 37.5. The van der Waals surface area contributed by atoms with E-state index in [-0.39, 0.29) is 60.3 Å². The van der Waals surface area contributed by atoms with Crippen LogP contribution in [0.25, 0.3) is 11.6 Å². The molecule has 12 nitrogen and oxygen atoms in total. The number of aromatic carboxylic acids is 1. The summed E-state index contributed by atoms with van der Waals surface area (Å²) in [7, 11) is -4.21. The minimum absolute atomic E-state index is 0.0382. The van der Waals surface area contributed by atoms with Gasteiger partial charge in [-0.2, -0.15) is 4.31 Å². The number of benzene rings is 3. The Morgan fingerprint density at radius 2 is 1.78 bits per heavy atom. The largest absolute Gasteiger partial charge is 0.478 e. The Hall–Kier alpha value is -4.40. The second kappa shape index (κ2) is 15.5. The average molecular weight is 719 g/mol. The lowest BCUT2D eigenvalue weighted by atomic mass is 9.90. The first-order chi connectivity index (χ1) is 24.4. The van der Waals surface area contributed by atoms with Crippen LogP contribution in [0, 0.1) is 17.8 Å². The SMILES string of the molecule is CC(C)CN(CC(O)C(CC(=O)OC1COC2OCCC12)Cc1ccccc1)S(=O)(=O)c1ccc2c(c1)/C(=C/c1ccc(C(=O)O)cc1)C(=O)N2. The van der Waals surface area contributed by atoms with Crippen LogP contribution in [0.4, 0.5) is 5.69 Å². The van der Waals surface area contributed by atoms with Gasteiger partial charge in [0.25, 0.3) is 5.91 Å². The zero-order chi connectivity index (χ0) is 36.3. The molecule has 0 aromatic heterocycles. The van der Waals surface area contributed by atoms with Crippen molar-refractivity contribution in [1.82, 2.24) is 4.31 Å². The Kier molecular flexibility index (Phi) is 11.0. The summed E-state index contributed by atoms with van der Waals surface area (Å²) in [6.45, 7) is 4.35. The van der Waals surface area contributed by atoms with Crippen molar-refractivity contribution in [3.63, 3.8) is 0 Å². The predicted molar refractivity (Wildman–Crippen MR) is 188 cm³/mol. The molecule has 1 amide bonds. The van der Waals surface area contributed by atoms with Gasteiger partial charge < -0.3 is 29.7 Å². The monoisotopic (exact) mass is 718 g/mol. The van der Waals surface area contributed by atoms with Crippen molar-refractivity contribution in [1.29, 1.82) is 0 Å². The van der Waals surface area contributed by atoms with Gasteiger partial charge in [0.2, 0.25) is 10.0 Å². The van der Waals surface area contributed by atoms with Gasteiger partial charge in [-0.1, -0.05) is 56.3 Å². The number of hydrogen-bond donors (Lipinski definition) is 3. The first kappa shape index (κ1) is 36.4. The van der Waals surface area contributed by atoms with Gasteiger partial charge in [0, 0.05) is 35.8 Å². The number of esters is 1. The second-order valence-electron chi connectivity index (χ2n) is 13.6. The highest BCUT2D eigenvalue weighted by atomic mass is 32.2. The molecular weight excluding hydrogens is 676 g/mol. The number of anilines is 1. The van der Waals surface area contributed by atoms with E-state index in [2.05, 4.69) is 5.32 Å². The zero-order valence-corrected chi connectivity index (χ0v) is 29.3. The number of aliphatic hydroxyl groups is 1. The van der Waals surface area contributed by atoms with Crippen molar-refractivity contribution in [2.75, 3.05) is 31.6 Å². The Morgan fingerprint density at radius 1 is 1.04 bits per heavy atom. The fraction of sp³-hybridized carbons (Fsp3) is 0.395. The number of rotatable bonds is 14. The zero-order valence-electron chi connectivity index (χ0n) is 28.4. The van der Waals surface area contributed by atoms with Crippen LogP contribution in [0.2, 0.25) is 0 Å². The molecule has 2 saturated heterocycles. The first-order valence-corrected chi connectivity index (χ1v) is 18.5. The highest BCUT2D eigenvalue weighted by Crippen LogP contribution is 2.36. The molecule has 0 radical (unpaired) electrons. The van der Waals surface area contributed by atoms with Crippen molar-refractivity contribution in [2.45, 2.75) is 56.5 Å². The van der Waals surface area contributed by atoms with E-state index in [9.17, 15) is 33.0 Å². The van der Waals surface area contributed by atoms with Crippen LogP contribution in [-0.2, 0) is 40.2 Å². The van der Waals surface area contributed by atoms with Crippen LogP contribution >= 0.6 is 0 Å². The molecule has 0 saturated carbocycles. The van der Waals surface area contributed by atoms with E-state index in [1.165, 1.54) is 34.6 Å². The molecule has 51 heavy (non-hydrogen) atoms. The molecule has 3 N–H and O–H groups in total. The van der Waals surface area contributed by atoms with Crippen LogP contribution in [-0.4, -0.2) is 85.6 Å². The molecule has 3 heterocycles. The number of aliphatic hydroxyl groups excluding tert-OH is 1. The summed E-state index contributed by atoms with van der Waals surface area (Å²) >= 11 is 0.